The predicted molar refractivity (Wildman–Crippen MR) is 584 cm³/mol. The molecule has 0 N–H and O–H groups in total. The molecule has 1 nitrogen and oxygen atoms in total. The first-order valence-electron chi connectivity index (χ1n) is 45.1. The zero-order chi connectivity index (χ0) is 89.1. The van der Waals surface area contributed by atoms with Crippen LogP contribution in [0.3, 0.4) is 0 Å². The third-order valence-electron chi connectivity index (χ3n) is 21.2. The summed E-state index contributed by atoms with van der Waals surface area (Å²) in [7, 11) is 0. The number of carbonyl (C=O) groups is 1. The summed E-state index contributed by atoms with van der Waals surface area (Å²) < 4.78 is 8.94. The van der Waals surface area contributed by atoms with E-state index < -0.39 is 18.4 Å². The Kier molecular flexibility index (Phi) is 57.0. The molecule has 5 heterocycles. The molecule has 1 aliphatic rings. The molecular formula is C120H130Br2OPdS5Sn-4. The second-order valence-electron chi connectivity index (χ2n) is 30.6. The van der Waals surface area contributed by atoms with Gasteiger partial charge >= 0.3 is 123 Å². The zero-order valence-electron chi connectivity index (χ0n) is 74.8. The molecule has 0 fully saturated rings. The Morgan fingerprint density at radius 1 is 0.277 bits per heavy atom. The molecule has 12 aromatic carbocycles. The molecule has 0 radical (unpaired) electrons. The SMILES string of the molecule is C.C.CCCCCCCCCCCCc1c(-c2ccc(Br)s2)sc2c1C(=O)c1c-2sc(-c2ccc(Br)s2)c1C.CCC[CH2][Sn]([CH2]CCC)([CH2]CCC)[c]1cccs1.[Pd].[c-]1ccccc1.[c-]1ccccc1.[c-]1ccccc1.[c-]1ccccc1.c1ccc(-c2ccccc2)cc1.c1ccc(-c2ccccc2)cc1.c1ccc(-c2ccccc2)cc1.c1ccc(-c2ccccc2)cc1. The Hall–Kier alpha value is -8.77. The molecule has 0 unspecified atom stereocenters. The van der Waals surface area contributed by atoms with Crippen LogP contribution in [0.15, 0.2) is 413 Å². The maximum absolute atomic E-state index is 13.9. The quantitative estimate of drug-likeness (QED) is 0.0285. The topological polar surface area (TPSA) is 17.1 Å². The molecule has 17 aromatic rings. The number of fused-ring (bicyclic) bond motifs is 3. The van der Waals surface area contributed by atoms with Gasteiger partial charge in [-0.25, -0.2) is 0 Å². The summed E-state index contributed by atoms with van der Waals surface area (Å²) in [6.07, 6.45) is 22.9. The molecule has 0 saturated heterocycles. The van der Waals surface area contributed by atoms with Crippen LogP contribution in [0.4, 0.5) is 0 Å². The van der Waals surface area contributed by atoms with Crippen LogP contribution in [0.1, 0.15) is 172 Å². The summed E-state index contributed by atoms with van der Waals surface area (Å²) in [5.74, 6) is 0.251. The summed E-state index contributed by atoms with van der Waals surface area (Å²) in [5.41, 5.74) is 14.6. The van der Waals surface area contributed by atoms with Gasteiger partial charge in [-0.1, -0.05) is 322 Å². The summed E-state index contributed by atoms with van der Waals surface area (Å²) in [6.45, 7) is 11.5. The van der Waals surface area contributed by atoms with Crippen LogP contribution >= 0.6 is 88.5 Å². The van der Waals surface area contributed by atoms with Gasteiger partial charge in [0.15, 0.2) is 5.78 Å². The number of benzene rings is 12. The van der Waals surface area contributed by atoms with Crippen molar-refractivity contribution in [2.45, 2.75) is 172 Å². The van der Waals surface area contributed by atoms with E-state index in [1.807, 2.05) is 184 Å². The number of hydrogen-bond acceptors (Lipinski definition) is 6. The Balaban J connectivity index is 0.000000238. The average Bonchev–Trinajstić information content (AvgIpc) is 1.55. The van der Waals surface area contributed by atoms with Gasteiger partial charge in [-0.05, 0) is 132 Å². The van der Waals surface area contributed by atoms with Gasteiger partial charge in [0, 0.05) is 51.1 Å². The van der Waals surface area contributed by atoms with Crippen molar-refractivity contribution in [2.24, 2.45) is 0 Å². The van der Waals surface area contributed by atoms with Crippen molar-refractivity contribution in [1.29, 1.82) is 0 Å². The Morgan fingerprint density at radius 2 is 0.538 bits per heavy atom. The van der Waals surface area contributed by atoms with E-state index in [2.05, 4.69) is 338 Å². The fourth-order valence-corrected chi connectivity index (χ4v) is 40.3. The first-order chi connectivity index (χ1) is 62.6. The fourth-order valence-electron chi connectivity index (χ4n) is 14.6. The molecule has 5 aromatic heterocycles. The smallest absolute Gasteiger partial charge is 0 e. The first-order valence-corrected chi connectivity index (χ1v) is 58.3. The van der Waals surface area contributed by atoms with Gasteiger partial charge in [0.1, 0.15) is 0 Å². The molecule has 678 valence electrons. The average molecular weight is 2130 g/mol. The maximum Gasteiger partial charge on any atom is 0 e. The second kappa shape index (κ2) is 67.4. The first kappa shape index (κ1) is 110. The van der Waals surface area contributed by atoms with Crippen LogP contribution in [0.2, 0.25) is 13.3 Å². The molecule has 0 bridgehead atoms. The van der Waals surface area contributed by atoms with Gasteiger partial charge < -0.3 is 0 Å². The molecular weight excluding hydrogens is 2000 g/mol. The Labute approximate surface area is 837 Å². The minimum atomic E-state index is -2.01. The number of hydrogen-bond donors (Lipinski definition) is 0. The van der Waals surface area contributed by atoms with E-state index in [1.54, 1.807) is 47.3 Å². The van der Waals surface area contributed by atoms with Crippen molar-refractivity contribution in [3.8, 4) is 73.8 Å². The van der Waals surface area contributed by atoms with Crippen LogP contribution in [0.5, 0.6) is 0 Å². The predicted octanol–water partition coefficient (Wildman–Crippen LogP) is 39.2. The van der Waals surface area contributed by atoms with E-state index in [0.717, 1.165) is 37.1 Å². The molecule has 130 heavy (non-hydrogen) atoms. The summed E-state index contributed by atoms with van der Waals surface area (Å²) in [5, 5.41) is 2.31. The van der Waals surface area contributed by atoms with Crippen molar-refractivity contribution in [2.75, 3.05) is 0 Å². The Morgan fingerprint density at radius 3 is 0.785 bits per heavy atom. The summed E-state index contributed by atoms with van der Waals surface area (Å²) in [6, 6.07) is 146. The summed E-state index contributed by atoms with van der Waals surface area (Å²) >= 11 is 14.5. The van der Waals surface area contributed by atoms with Gasteiger partial charge in [-0.2, -0.15) is 146 Å². The molecule has 18 rings (SSSR count). The van der Waals surface area contributed by atoms with Crippen LogP contribution < -0.4 is 2.89 Å². The summed E-state index contributed by atoms with van der Waals surface area (Å²) in [4.78, 5) is 21.4. The van der Waals surface area contributed by atoms with Gasteiger partial charge in [-0.15, -0.1) is 45.3 Å². The molecule has 0 atom stereocenters. The van der Waals surface area contributed by atoms with Crippen molar-refractivity contribution < 1.29 is 25.2 Å². The van der Waals surface area contributed by atoms with E-state index in [4.69, 9.17) is 0 Å². The molecule has 1 aliphatic carbocycles. The van der Waals surface area contributed by atoms with E-state index in [0.29, 0.717) is 0 Å². The van der Waals surface area contributed by atoms with Crippen LogP contribution in [-0.2, 0) is 26.8 Å². The second-order valence-corrected chi connectivity index (χ2v) is 52.7. The molecule has 0 saturated carbocycles. The number of halogens is 2. The van der Waals surface area contributed by atoms with E-state index in [1.165, 1.54) is 176 Å². The molecule has 0 amide bonds. The number of unbranched alkanes of at least 4 members (excludes halogenated alkanes) is 12. The van der Waals surface area contributed by atoms with Gasteiger partial charge in [0.25, 0.3) is 0 Å². The molecule has 0 aliphatic heterocycles. The van der Waals surface area contributed by atoms with Crippen LogP contribution in [0.25, 0.3) is 73.8 Å². The van der Waals surface area contributed by atoms with Gasteiger partial charge in [0.05, 0.1) is 17.3 Å². The van der Waals surface area contributed by atoms with Gasteiger partial charge in [-0.3, -0.25) is 4.79 Å². The number of thiophene rings is 5. The van der Waals surface area contributed by atoms with Crippen LogP contribution in [0, 0.1) is 31.2 Å². The molecule has 0 spiro atoms. The van der Waals surface area contributed by atoms with Crippen LogP contribution in [-0.4, -0.2) is 24.2 Å². The van der Waals surface area contributed by atoms with Crippen molar-refractivity contribution in [3.05, 3.63) is 460 Å². The third kappa shape index (κ3) is 39.6. The van der Waals surface area contributed by atoms with E-state index in [-0.39, 0.29) is 41.1 Å². The number of rotatable bonds is 27. The van der Waals surface area contributed by atoms with Gasteiger partial charge in [0.2, 0.25) is 0 Å². The molecule has 10 heteroatoms. The largest absolute Gasteiger partial charge is 0.184 e. The number of carbonyl (C=O) groups excluding carboxylic acids is 1. The standard InChI is InChI=1S/C30H32Br2OS4.4C12H10.4C6H5.C4H3S.3C4H9.2CH4.Pd.Sn/c1-3-4-5-6-7-8-9-10-11-12-13-19-25-26(33)24-18(2)27(20-14-16-22(31)34-20)36-29(24)30(25)37-28(19)21-15-17-23(32)35-21;4*1-3-7-11(8-4-1)12-9-5-2-6-10-12;4*1-2-4-6-5-3-1;1-2-4-5-3-1;3*1-3-4-2;;;;/h14-17H,3-13H2,1-2H3;4*1-10H;4*1-5H;1-3H;3*1,3-4H2,2H3;2*1H4;;/q;;;;;4*-1;;;;;;;;. The van der Waals surface area contributed by atoms with Crippen molar-refractivity contribution in [1.82, 2.24) is 0 Å². The number of ketones is 1. The third-order valence-corrected chi connectivity index (χ3v) is 46.8. The van der Waals surface area contributed by atoms with Crippen molar-refractivity contribution >= 4 is 116 Å². The minimum Gasteiger partial charge on any atom is -0.184 e. The van der Waals surface area contributed by atoms with Crippen molar-refractivity contribution in [3.63, 3.8) is 0 Å². The fraction of sp³-hybridized carbons (Fsp3) is 0.225. The Bertz CT molecular complexity index is 4840. The normalized spacial score (nSPS) is 10.3. The van der Waals surface area contributed by atoms with E-state index >= 15 is 0 Å². The monoisotopic (exact) mass is 2130 g/mol. The zero-order valence-corrected chi connectivity index (χ0v) is 86.5. The maximum atomic E-state index is 13.9. The van der Waals surface area contributed by atoms with E-state index in [9.17, 15) is 4.79 Å². The minimum absolute atomic E-state index is 0.